The number of benzene rings is 2. The Morgan fingerprint density at radius 1 is 1.00 bits per heavy atom. The maximum atomic E-state index is 11.2. The number of nitrogens with one attached hydrogen (secondary N) is 3. The van der Waals surface area contributed by atoms with E-state index in [4.69, 9.17) is 11.6 Å². The van der Waals surface area contributed by atoms with E-state index in [1.165, 1.54) is 7.11 Å². The number of ether oxygens (including phenoxy) is 1. The van der Waals surface area contributed by atoms with Crippen LogP contribution in [0.25, 0.3) is 0 Å². The smallest absolute Gasteiger partial charge is 0.411 e. The molecule has 3 N–H and O–H groups in total. The Balaban J connectivity index is 1.81. The minimum absolute atomic E-state index is 0.488. The lowest BCUT2D eigenvalue weighted by Crippen LogP contribution is -2.36. The summed E-state index contributed by atoms with van der Waals surface area (Å²) < 4.78 is 4.55. The molecule has 0 fully saturated rings. The second kappa shape index (κ2) is 9.54. The number of methoxy groups -OCH3 is 1. The lowest BCUT2D eigenvalue weighted by molar-refractivity contribution is 0.187. The van der Waals surface area contributed by atoms with E-state index in [9.17, 15) is 4.79 Å². The molecule has 0 aliphatic rings. The number of nitrogens with zero attached hydrogens (tertiary/aromatic N) is 1. The van der Waals surface area contributed by atoms with Crippen LogP contribution in [0.2, 0.25) is 5.02 Å². The SMILES string of the molecule is CN=C(NCc1ccc(Cl)cc1)NCc1ccc(NC(=O)OC)cc1. The van der Waals surface area contributed by atoms with Crippen molar-refractivity contribution in [1.29, 1.82) is 0 Å². The maximum absolute atomic E-state index is 11.2. The van der Waals surface area contributed by atoms with Crippen LogP contribution in [-0.2, 0) is 17.8 Å². The summed E-state index contributed by atoms with van der Waals surface area (Å²) in [5, 5.41) is 9.81. The van der Waals surface area contributed by atoms with E-state index in [0.717, 1.165) is 16.1 Å². The molecule has 0 unspecified atom stereocenters. The highest BCUT2D eigenvalue weighted by Gasteiger charge is 2.02. The average Bonchev–Trinajstić information content (AvgIpc) is 2.64. The summed E-state index contributed by atoms with van der Waals surface area (Å²) >= 11 is 5.88. The lowest BCUT2D eigenvalue weighted by atomic mass is 10.2. The van der Waals surface area contributed by atoms with Crippen molar-refractivity contribution in [2.45, 2.75) is 13.1 Å². The zero-order valence-electron chi connectivity index (χ0n) is 14.2. The molecular formula is C18H21ClN4O2. The van der Waals surface area contributed by atoms with Gasteiger partial charge in [0.25, 0.3) is 0 Å². The third-order valence-electron chi connectivity index (χ3n) is 3.44. The van der Waals surface area contributed by atoms with Gasteiger partial charge in [0.2, 0.25) is 0 Å². The van der Waals surface area contributed by atoms with Crippen LogP contribution in [0.15, 0.2) is 53.5 Å². The molecule has 6 nitrogen and oxygen atoms in total. The predicted octanol–water partition coefficient (Wildman–Crippen LogP) is 3.38. The molecule has 0 radical (unpaired) electrons. The first-order valence-corrected chi connectivity index (χ1v) is 8.11. The van der Waals surface area contributed by atoms with Crippen molar-refractivity contribution < 1.29 is 9.53 Å². The van der Waals surface area contributed by atoms with Crippen molar-refractivity contribution in [1.82, 2.24) is 10.6 Å². The number of anilines is 1. The fourth-order valence-corrected chi connectivity index (χ4v) is 2.20. The van der Waals surface area contributed by atoms with Crippen LogP contribution in [0.5, 0.6) is 0 Å². The largest absolute Gasteiger partial charge is 0.453 e. The van der Waals surface area contributed by atoms with Gasteiger partial charge in [0.1, 0.15) is 0 Å². The molecule has 7 heteroatoms. The fraction of sp³-hybridized carbons (Fsp3) is 0.222. The van der Waals surface area contributed by atoms with Gasteiger partial charge in [-0.1, -0.05) is 35.9 Å². The third kappa shape index (κ3) is 6.35. The summed E-state index contributed by atoms with van der Waals surface area (Å²) in [5.74, 6) is 0.701. The van der Waals surface area contributed by atoms with Gasteiger partial charge in [-0.2, -0.15) is 0 Å². The van der Waals surface area contributed by atoms with Crippen LogP contribution in [0, 0.1) is 0 Å². The van der Waals surface area contributed by atoms with Crippen molar-refractivity contribution in [3.8, 4) is 0 Å². The Morgan fingerprint density at radius 3 is 2.00 bits per heavy atom. The molecular weight excluding hydrogens is 340 g/mol. The zero-order chi connectivity index (χ0) is 18.1. The Bertz CT molecular complexity index is 715. The Labute approximate surface area is 152 Å². The first-order chi connectivity index (χ1) is 12.1. The molecule has 0 saturated heterocycles. The predicted molar refractivity (Wildman–Crippen MR) is 101 cm³/mol. The topological polar surface area (TPSA) is 74.8 Å². The normalized spacial score (nSPS) is 10.9. The minimum Gasteiger partial charge on any atom is -0.453 e. The van der Waals surface area contributed by atoms with Gasteiger partial charge < -0.3 is 15.4 Å². The number of carbonyl (C=O) groups is 1. The second-order valence-electron chi connectivity index (χ2n) is 5.22. The highest BCUT2D eigenvalue weighted by Crippen LogP contribution is 2.10. The van der Waals surface area contributed by atoms with Crippen LogP contribution in [0.1, 0.15) is 11.1 Å². The third-order valence-corrected chi connectivity index (χ3v) is 3.69. The van der Waals surface area contributed by atoms with E-state index in [2.05, 4.69) is 25.7 Å². The lowest BCUT2D eigenvalue weighted by Gasteiger charge is -2.12. The maximum Gasteiger partial charge on any atom is 0.411 e. The fourth-order valence-electron chi connectivity index (χ4n) is 2.07. The first kappa shape index (κ1) is 18.6. The molecule has 2 rings (SSSR count). The Hall–Kier alpha value is -2.73. The number of carbonyl (C=O) groups excluding carboxylic acids is 1. The average molecular weight is 361 g/mol. The van der Waals surface area contributed by atoms with Crippen LogP contribution in [-0.4, -0.2) is 26.2 Å². The summed E-state index contributed by atoms with van der Waals surface area (Å²) in [7, 11) is 3.05. The number of hydrogen-bond acceptors (Lipinski definition) is 3. The van der Waals surface area contributed by atoms with Crippen molar-refractivity contribution >= 4 is 29.3 Å². The van der Waals surface area contributed by atoms with E-state index >= 15 is 0 Å². The molecule has 0 heterocycles. The minimum atomic E-state index is -0.488. The van der Waals surface area contributed by atoms with E-state index in [1.54, 1.807) is 7.05 Å². The monoisotopic (exact) mass is 360 g/mol. The van der Waals surface area contributed by atoms with Crippen molar-refractivity contribution in [3.63, 3.8) is 0 Å². The van der Waals surface area contributed by atoms with E-state index < -0.39 is 6.09 Å². The summed E-state index contributed by atoms with van der Waals surface area (Å²) in [6.07, 6.45) is -0.488. The summed E-state index contributed by atoms with van der Waals surface area (Å²) in [6.45, 7) is 1.26. The van der Waals surface area contributed by atoms with Crippen molar-refractivity contribution in [3.05, 3.63) is 64.7 Å². The van der Waals surface area contributed by atoms with Gasteiger partial charge in [0.05, 0.1) is 7.11 Å². The molecule has 1 amide bonds. The molecule has 2 aromatic rings. The number of halogens is 1. The molecule has 2 aromatic carbocycles. The summed E-state index contributed by atoms with van der Waals surface area (Å²) in [6, 6.07) is 15.1. The van der Waals surface area contributed by atoms with Crippen LogP contribution in [0.4, 0.5) is 10.5 Å². The summed E-state index contributed by atoms with van der Waals surface area (Å²) in [4.78, 5) is 15.3. The molecule has 0 spiro atoms. The van der Waals surface area contributed by atoms with E-state index in [0.29, 0.717) is 24.7 Å². The number of amides is 1. The first-order valence-electron chi connectivity index (χ1n) is 7.73. The van der Waals surface area contributed by atoms with E-state index in [-0.39, 0.29) is 0 Å². The van der Waals surface area contributed by atoms with Crippen molar-refractivity contribution in [2.75, 3.05) is 19.5 Å². The van der Waals surface area contributed by atoms with Crippen molar-refractivity contribution in [2.24, 2.45) is 4.99 Å². The van der Waals surface area contributed by atoms with Gasteiger partial charge in [0, 0.05) is 30.8 Å². The molecule has 132 valence electrons. The molecule has 0 aliphatic carbocycles. The van der Waals surface area contributed by atoms with Crippen LogP contribution >= 0.6 is 11.6 Å². The van der Waals surface area contributed by atoms with Gasteiger partial charge in [-0.25, -0.2) is 4.79 Å². The molecule has 25 heavy (non-hydrogen) atoms. The highest BCUT2D eigenvalue weighted by molar-refractivity contribution is 6.30. The Kier molecular flexibility index (Phi) is 7.10. The van der Waals surface area contributed by atoms with E-state index in [1.807, 2.05) is 48.5 Å². The van der Waals surface area contributed by atoms with Gasteiger partial charge >= 0.3 is 6.09 Å². The zero-order valence-corrected chi connectivity index (χ0v) is 14.9. The van der Waals surface area contributed by atoms with Gasteiger partial charge in [0.15, 0.2) is 5.96 Å². The van der Waals surface area contributed by atoms with Crippen LogP contribution in [0.3, 0.4) is 0 Å². The standard InChI is InChI=1S/C18H21ClN4O2/c1-20-17(21-11-13-3-7-15(19)8-4-13)22-12-14-5-9-16(10-6-14)23-18(24)25-2/h3-10H,11-12H2,1-2H3,(H,23,24)(H2,20,21,22). The molecule has 0 aliphatic heterocycles. The number of hydrogen-bond donors (Lipinski definition) is 3. The highest BCUT2D eigenvalue weighted by atomic mass is 35.5. The molecule has 0 bridgehead atoms. The number of aliphatic imine (C=N–C) groups is 1. The molecule has 0 aromatic heterocycles. The van der Waals surface area contributed by atoms with Gasteiger partial charge in [-0.05, 0) is 35.4 Å². The van der Waals surface area contributed by atoms with Gasteiger partial charge in [-0.15, -0.1) is 0 Å². The quantitative estimate of drug-likeness (QED) is 0.564. The number of guanidine groups is 1. The Morgan fingerprint density at radius 2 is 1.52 bits per heavy atom. The number of rotatable bonds is 5. The second-order valence-corrected chi connectivity index (χ2v) is 5.66. The van der Waals surface area contributed by atoms with Crippen LogP contribution < -0.4 is 16.0 Å². The summed E-state index contributed by atoms with van der Waals surface area (Å²) in [5.41, 5.74) is 2.86. The molecule has 0 saturated carbocycles. The molecule has 0 atom stereocenters. The van der Waals surface area contributed by atoms with Gasteiger partial charge in [-0.3, -0.25) is 10.3 Å².